The molecule has 0 spiro atoms. The average Bonchev–Trinajstić information content (AvgIpc) is 3.05. The largest absolute Gasteiger partial charge is 0.461 e. The summed E-state index contributed by atoms with van der Waals surface area (Å²) in [4.78, 5) is 33.9. The van der Waals surface area contributed by atoms with E-state index in [0.717, 1.165) is 19.4 Å². The average molecular weight is 374 g/mol. The van der Waals surface area contributed by atoms with E-state index < -0.39 is 24.2 Å². The molecular weight excluding hydrogens is 340 g/mol. The van der Waals surface area contributed by atoms with E-state index in [4.69, 9.17) is 14.6 Å². The maximum absolute atomic E-state index is 11.8. The van der Waals surface area contributed by atoms with Gasteiger partial charge in [0.15, 0.2) is 0 Å². The van der Waals surface area contributed by atoms with Gasteiger partial charge in [-0.1, -0.05) is 6.92 Å². The van der Waals surface area contributed by atoms with Gasteiger partial charge in [-0.25, -0.2) is 9.59 Å². The summed E-state index contributed by atoms with van der Waals surface area (Å²) in [7, 11) is 0. The summed E-state index contributed by atoms with van der Waals surface area (Å²) in [6, 6.07) is -0.691. The first-order valence-corrected chi connectivity index (χ1v) is 9.07. The molecule has 0 radical (unpaired) electrons. The summed E-state index contributed by atoms with van der Waals surface area (Å²) in [5, 5.41) is 14.1. The smallest absolute Gasteiger partial charge is 0.332 e. The fourth-order valence-corrected chi connectivity index (χ4v) is 2.20. The Kier molecular flexibility index (Phi) is 11.1. The van der Waals surface area contributed by atoms with E-state index in [9.17, 15) is 14.4 Å². The number of carbonyl (C=O) groups is 3. The third-order valence-electron chi connectivity index (χ3n) is 3.29. The zero-order valence-electron chi connectivity index (χ0n) is 16.8. The molecule has 1 aliphatic rings. The molecule has 0 aliphatic carbocycles. The number of rotatable bonds is 6. The number of aliphatic hydroxyl groups excluding tert-OH is 1. The molecule has 0 aromatic carbocycles. The van der Waals surface area contributed by atoms with E-state index in [1.807, 2.05) is 6.92 Å². The number of carbonyl (C=O) groups excluding carboxylic acids is 3. The SMILES string of the molecule is CC(C)(C)OC(=O)CO.CC[C@H](NC(=O)C1CCCN1)C(=O)OC(C)C. The third-order valence-corrected chi connectivity index (χ3v) is 3.29. The van der Waals surface area contributed by atoms with Gasteiger partial charge < -0.3 is 25.2 Å². The molecule has 1 amide bonds. The van der Waals surface area contributed by atoms with Gasteiger partial charge in [0.25, 0.3) is 0 Å². The van der Waals surface area contributed by atoms with Gasteiger partial charge in [0, 0.05) is 0 Å². The van der Waals surface area contributed by atoms with Crippen molar-refractivity contribution >= 4 is 17.8 Å². The quantitative estimate of drug-likeness (QED) is 0.592. The van der Waals surface area contributed by atoms with Crippen LogP contribution in [0.15, 0.2) is 0 Å². The molecule has 0 aromatic heterocycles. The number of aliphatic hydroxyl groups is 1. The van der Waals surface area contributed by atoms with Crippen LogP contribution in [0.1, 0.15) is 60.8 Å². The molecule has 1 rings (SSSR count). The number of amides is 1. The number of hydrogen-bond acceptors (Lipinski definition) is 7. The van der Waals surface area contributed by atoms with Crippen LogP contribution >= 0.6 is 0 Å². The van der Waals surface area contributed by atoms with Crippen molar-refractivity contribution in [1.82, 2.24) is 10.6 Å². The molecule has 3 N–H and O–H groups in total. The van der Waals surface area contributed by atoms with E-state index >= 15 is 0 Å². The summed E-state index contributed by atoms with van der Waals surface area (Å²) < 4.78 is 9.79. The lowest BCUT2D eigenvalue weighted by Crippen LogP contribution is -2.48. The first-order chi connectivity index (χ1) is 12.0. The Balaban J connectivity index is 0.000000590. The lowest BCUT2D eigenvalue weighted by atomic mass is 10.1. The minimum Gasteiger partial charge on any atom is -0.461 e. The van der Waals surface area contributed by atoms with Crippen molar-refractivity contribution < 1.29 is 29.0 Å². The van der Waals surface area contributed by atoms with Crippen LogP contribution in [0.5, 0.6) is 0 Å². The van der Waals surface area contributed by atoms with Crippen LogP contribution in [-0.4, -0.2) is 59.9 Å². The lowest BCUT2D eigenvalue weighted by Gasteiger charge is -2.19. The molecule has 1 aliphatic heterocycles. The highest BCUT2D eigenvalue weighted by Gasteiger charge is 2.27. The molecule has 8 heteroatoms. The molecule has 152 valence electrons. The van der Waals surface area contributed by atoms with E-state index in [1.54, 1.807) is 34.6 Å². The minimum absolute atomic E-state index is 0.102. The van der Waals surface area contributed by atoms with Crippen LogP contribution in [0.25, 0.3) is 0 Å². The summed E-state index contributed by atoms with van der Waals surface area (Å²) in [6.45, 7) is 11.0. The Labute approximate surface area is 156 Å². The van der Waals surface area contributed by atoms with Gasteiger partial charge in [-0.05, 0) is 60.4 Å². The molecule has 0 aromatic rings. The third kappa shape index (κ3) is 11.0. The van der Waals surface area contributed by atoms with Gasteiger partial charge >= 0.3 is 11.9 Å². The van der Waals surface area contributed by atoms with Crippen molar-refractivity contribution in [1.29, 1.82) is 0 Å². The second-order valence-electron chi connectivity index (χ2n) is 7.35. The molecule has 1 heterocycles. The lowest BCUT2D eigenvalue weighted by molar-refractivity contribution is -0.158. The molecule has 2 atom stereocenters. The van der Waals surface area contributed by atoms with Crippen molar-refractivity contribution in [3.8, 4) is 0 Å². The van der Waals surface area contributed by atoms with Gasteiger partial charge in [0.1, 0.15) is 18.2 Å². The van der Waals surface area contributed by atoms with Crippen molar-refractivity contribution in [3.63, 3.8) is 0 Å². The Bertz CT molecular complexity index is 453. The van der Waals surface area contributed by atoms with E-state index in [-0.39, 0.29) is 24.0 Å². The van der Waals surface area contributed by atoms with Crippen LogP contribution in [0.3, 0.4) is 0 Å². The van der Waals surface area contributed by atoms with Gasteiger partial charge in [-0.3, -0.25) is 4.79 Å². The number of hydrogen-bond donors (Lipinski definition) is 3. The highest BCUT2D eigenvalue weighted by atomic mass is 16.6. The highest BCUT2D eigenvalue weighted by Crippen LogP contribution is 2.07. The molecular formula is C18H34N2O6. The second-order valence-corrected chi connectivity index (χ2v) is 7.35. The Hall–Kier alpha value is -1.67. The summed E-state index contributed by atoms with van der Waals surface area (Å²) in [5.74, 6) is -1.04. The molecule has 1 fully saturated rings. The Morgan fingerprint density at radius 3 is 2.23 bits per heavy atom. The number of esters is 2. The molecule has 1 unspecified atom stereocenters. The molecule has 26 heavy (non-hydrogen) atoms. The summed E-state index contributed by atoms with van der Waals surface area (Å²) >= 11 is 0. The molecule has 8 nitrogen and oxygen atoms in total. The van der Waals surface area contributed by atoms with Crippen LogP contribution in [-0.2, 0) is 23.9 Å². The maximum atomic E-state index is 11.8. The van der Waals surface area contributed by atoms with E-state index in [2.05, 4.69) is 10.6 Å². The van der Waals surface area contributed by atoms with Crippen LogP contribution in [0.2, 0.25) is 0 Å². The Morgan fingerprint density at radius 2 is 1.88 bits per heavy atom. The Morgan fingerprint density at radius 1 is 1.27 bits per heavy atom. The molecule has 0 bridgehead atoms. The van der Waals surface area contributed by atoms with Crippen molar-refractivity contribution in [3.05, 3.63) is 0 Å². The van der Waals surface area contributed by atoms with E-state index in [0.29, 0.717) is 6.42 Å². The predicted molar refractivity (Wildman–Crippen MR) is 97.4 cm³/mol. The van der Waals surface area contributed by atoms with Crippen LogP contribution in [0.4, 0.5) is 0 Å². The van der Waals surface area contributed by atoms with Gasteiger partial charge in [0.05, 0.1) is 12.1 Å². The van der Waals surface area contributed by atoms with Gasteiger partial charge in [-0.2, -0.15) is 0 Å². The van der Waals surface area contributed by atoms with Crippen molar-refractivity contribution in [2.75, 3.05) is 13.2 Å². The minimum atomic E-state index is -0.581. The number of nitrogens with one attached hydrogen (secondary N) is 2. The zero-order chi connectivity index (χ0) is 20.3. The maximum Gasteiger partial charge on any atom is 0.332 e. The zero-order valence-corrected chi connectivity index (χ0v) is 16.8. The van der Waals surface area contributed by atoms with Gasteiger partial charge in [-0.15, -0.1) is 0 Å². The number of ether oxygens (including phenoxy) is 2. The molecule has 0 saturated carbocycles. The first kappa shape index (κ1) is 24.3. The van der Waals surface area contributed by atoms with Crippen molar-refractivity contribution in [2.24, 2.45) is 0 Å². The highest BCUT2D eigenvalue weighted by molar-refractivity contribution is 5.87. The van der Waals surface area contributed by atoms with Crippen LogP contribution in [0, 0.1) is 0 Å². The normalized spacial score (nSPS) is 17.8. The fourth-order valence-electron chi connectivity index (χ4n) is 2.20. The first-order valence-electron chi connectivity index (χ1n) is 9.07. The topological polar surface area (TPSA) is 114 Å². The molecule has 1 saturated heterocycles. The van der Waals surface area contributed by atoms with Crippen LogP contribution < -0.4 is 10.6 Å². The predicted octanol–water partition coefficient (Wildman–Crippen LogP) is 0.905. The van der Waals surface area contributed by atoms with Crippen molar-refractivity contribution in [2.45, 2.75) is 84.6 Å². The standard InChI is InChI=1S/C12H22N2O3.C6H12O3/c1-4-9(12(16)17-8(2)3)14-11(15)10-6-5-7-13-10;1-6(2,3)9-5(8)4-7/h8-10,13H,4-7H2,1-3H3,(H,14,15);7H,4H2,1-3H3/t9-,10?;/m0./s1. The van der Waals surface area contributed by atoms with Gasteiger partial charge in [0.2, 0.25) is 5.91 Å². The summed E-state index contributed by atoms with van der Waals surface area (Å²) in [5.41, 5.74) is -0.486. The summed E-state index contributed by atoms with van der Waals surface area (Å²) in [6.07, 6.45) is 2.23. The monoisotopic (exact) mass is 374 g/mol. The fraction of sp³-hybridized carbons (Fsp3) is 0.833. The second kappa shape index (κ2) is 11.9. The van der Waals surface area contributed by atoms with E-state index in [1.165, 1.54) is 0 Å².